The summed E-state index contributed by atoms with van der Waals surface area (Å²) in [6, 6.07) is 11.2. The highest BCUT2D eigenvalue weighted by atomic mass is 15.2. The van der Waals surface area contributed by atoms with Crippen molar-refractivity contribution in [2.45, 2.75) is 25.8 Å². The zero-order chi connectivity index (χ0) is 12.8. The monoisotopic (exact) mass is 244 g/mol. The maximum absolute atomic E-state index is 3.57. The number of likely N-dealkylation sites (tertiary alicyclic amines) is 1. The van der Waals surface area contributed by atoms with Crippen molar-refractivity contribution in [2.75, 3.05) is 26.7 Å². The Morgan fingerprint density at radius 3 is 2.83 bits per heavy atom. The lowest BCUT2D eigenvalue weighted by Gasteiger charge is -2.19. The van der Waals surface area contributed by atoms with Crippen LogP contribution in [0.1, 0.15) is 25.3 Å². The first-order chi connectivity index (χ1) is 8.75. The molecular weight excluding hydrogens is 220 g/mol. The SMILES string of the molecule is C/C(=C\c1ccccc1)CNCC1CCCN1C. The number of likely N-dealkylation sites (N-methyl/N-ethyl adjacent to an activating group) is 1. The predicted octanol–water partition coefficient (Wildman–Crippen LogP) is 2.77. The molecule has 1 aromatic rings. The van der Waals surface area contributed by atoms with Crippen LogP contribution in [0.2, 0.25) is 0 Å². The van der Waals surface area contributed by atoms with E-state index in [0.717, 1.165) is 19.1 Å². The summed E-state index contributed by atoms with van der Waals surface area (Å²) in [4.78, 5) is 2.46. The standard InChI is InChI=1S/C16H24N2/c1-14(11-15-7-4-3-5-8-15)12-17-13-16-9-6-10-18(16)2/h3-5,7-8,11,16-17H,6,9-10,12-13H2,1-2H3/b14-11+. The average molecular weight is 244 g/mol. The highest BCUT2D eigenvalue weighted by Crippen LogP contribution is 2.13. The Bertz CT molecular complexity index is 383. The third kappa shape index (κ3) is 3.97. The molecular formula is C16H24N2. The lowest BCUT2D eigenvalue weighted by atomic mass is 10.1. The molecule has 0 amide bonds. The molecule has 0 saturated carbocycles. The van der Waals surface area contributed by atoms with Crippen LogP contribution in [0.5, 0.6) is 0 Å². The van der Waals surface area contributed by atoms with Gasteiger partial charge in [-0.05, 0) is 38.9 Å². The second-order valence-electron chi connectivity index (χ2n) is 5.31. The van der Waals surface area contributed by atoms with Gasteiger partial charge in [-0.15, -0.1) is 0 Å². The van der Waals surface area contributed by atoms with Gasteiger partial charge in [0.2, 0.25) is 0 Å². The molecule has 18 heavy (non-hydrogen) atoms. The van der Waals surface area contributed by atoms with E-state index in [2.05, 4.69) is 60.6 Å². The van der Waals surface area contributed by atoms with E-state index in [1.54, 1.807) is 0 Å². The van der Waals surface area contributed by atoms with E-state index in [1.165, 1.54) is 30.5 Å². The van der Waals surface area contributed by atoms with Crippen LogP contribution in [0.25, 0.3) is 6.08 Å². The number of rotatable bonds is 5. The second kappa shape index (κ2) is 6.72. The van der Waals surface area contributed by atoms with Crippen molar-refractivity contribution >= 4 is 6.08 Å². The van der Waals surface area contributed by atoms with Gasteiger partial charge in [-0.1, -0.05) is 42.0 Å². The minimum absolute atomic E-state index is 0.731. The number of hydrogen-bond donors (Lipinski definition) is 1. The molecule has 1 unspecified atom stereocenters. The number of hydrogen-bond acceptors (Lipinski definition) is 2. The summed E-state index contributed by atoms with van der Waals surface area (Å²) in [6.07, 6.45) is 4.94. The molecule has 1 heterocycles. The van der Waals surface area contributed by atoms with Crippen LogP contribution < -0.4 is 5.32 Å². The number of benzene rings is 1. The highest BCUT2D eigenvalue weighted by Gasteiger charge is 2.19. The van der Waals surface area contributed by atoms with Crippen molar-refractivity contribution in [1.29, 1.82) is 0 Å². The molecule has 2 rings (SSSR count). The fourth-order valence-corrected chi connectivity index (χ4v) is 2.56. The Hall–Kier alpha value is -1.12. The molecule has 1 fully saturated rings. The average Bonchev–Trinajstić information content (AvgIpc) is 2.76. The molecule has 1 aromatic carbocycles. The molecule has 0 aromatic heterocycles. The maximum Gasteiger partial charge on any atom is 0.0218 e. The van der Waals surface area contributed by atoms with Crippen molar-refractivity contribution in [1.82, 2.24) is 10.2 Å². The van der Waals surface area contributed by atoms with E-state index >= 15 is 0 Å². The van der Waals surface area contributed by atoms with Gasteiger partial charge in [-0.2, -0.15) is 0 Å². The number of nitrogens with zero attached hydrogens (tertiary/aromatic N) is 1. The molecule has 0 radical (unpaired) electrons. The van der Waals surface area contributed by atoms with Crippen molar-refractivity contribution in [3.63, 3.8) is 0 Å². The van der Waals surface area contributed by atoms with Crippen LogP contribution in [0.3, 0.4) is 0 Å². The summed E-state index contributed by atoms with van der Waals surface area (Å²) in [5.41, 5.74) is 2.68. The Kier molecular flexibility index (Phi) is 4.97. The Morgan fingerprint density at radius 2 is 2.17 bits per heavy atom. The fourth-order valence-electron chi connectivity index (χ4n) is 2.56. The van der Waals surface area contributed by atoms with E-state index in [4.69, 9.17) is 0 Å². The first-order valence-corrected chi connectivity index (χ1v) is 6.89. The van der Waals surface area contributed by atoms with E-state index in [0.29, 0.717) is 0 Å². The topological polar surface area (TPSA) is 15.3 Å². The van der Waals surface area contributed by atoms with Crippen LogP contribution in [0.15, 0.2) is 35.9 Å². The summed E-state index contributed by atoms with van der Waals surface area (Å²) in [7, 11) is 2.23. The van der Waals surface area contributed by atoms with E-state index < -0.39 is 0 Å². The molecule has 2 nitrogen and oxygen atoms in total. The van der Waals surface area contributed by atoms with Crippen LogP contribution in [-0.2, 0) is 0 Å². The minimum Gasteiger partial charge on any atom is -0.311 e. The first kappa shape index (κ1) is 13.3. The van der Waals surface area contributed by atoms with Gasteiger partial charge in [0.05, 0.1) is 0 Å². The maximum atomic E-state index is 3.57. The van der Waals surface area contributed by atoms with Gasteiger partial charge in [0.1, 0.15) is 0 Å². The van der Waals surface area contributed by atoms with Gasteiger partial charge < -0.3 is 10.2 Å². The molecule has 0 aliphatic carbocycles. The highest BCUT2D eigenvalue weighted by molar-refractivity contribution is 5.52. The van der Waals surface area contributed by atoms with Crippen LogP contribution >= 0.6 is 0 Å². The predicted molar refractivity (Wildman–Crippen MR) is 78.6 cm³/mol. The Morgan fingerprint density at radius 1 is 1.39 bits per heavy atom. The molecule has 0 bridgehead atoms. The second-order valence-corrected chi connectivity index (χ2v) is 5.31. The normalized spacial score (nSPS) is 21.4. The van der Waals surface area contributed by atoms with Crippen molar-refractivity contribution in [3.05, 3.63) is 41.5 Å². The van der Waals surface area contributed by atoms with Gasteiger partial charge in [-0.3, -0.25) is 0 Å². The Balaban J connectivity index is 1.75. The molecule has 1 N–H and O–H groups in total. The Labute approximate surface area is 111 Å². The summed E-state index contributed by atoms with van der Waals surface area (Å²) in [5.74, 6) is 0. The van der Waals surface area contributed by atoms with Crippen LogP contribution in [0, 0.1) is 0 Å². The molecule has 1 atom stereocenters. The third-order valence-electron chi connectivity index (χ3n) is 3.67. The third-order valence-corrected chi connectivity index (χ3v) is 3.67. The van der Waals surface area contributed by atoms with Gasteiger partial charge in [0, 0.05) is 19.1 Å². The molecule has 1 aliphatic rings. The van der Waals surface area contributed by atoms with E-state index in [1.807, 2.05) is 0 Å². The van der Waals surface area contributed by atoms with Gasteiger partial charge in [0.15, 0.2) is 0 Å². The van der Waals surface area contributed by atoms with Crippen LogP contribution in [-0.4, -0.2) is 37.6 Å². The van der Waals surface area contributed by atoms with Crippen molar-refractivity contribution in [3.8, 4) is 0 Å². The summed E-state index contributed by atoms with van der Waals surface area (Å²) in [6.45, 7) is 5.54. The first-order valence-electron chi connectivity index (χ1n) is 6.89. The largest absolute Gasteiger partial charge is 0.311 e. The molecule has 1 aliphatic heterocycles. The lowest BCUT2D eigenvalue weighted by molar-refractivity contribution is 0.303. The summed E-state index contributed by atoms with van der Waals surface area (Å²) >= 11 is 0. The summed E-state index contributed by atoms with van der Waals surface area (Å²) < 4.78 is 0. The zero-order valence-electron chi connectivity index (χ0n) is 11.5. The minimum atomic E-state index is 0.731. The van der Waals surface area contributed by atoms with Gasteiger partial charge >= 0.3 is 0 Å². The van der Waals surface area contributed by atoms with Crippen molar-refractivity contribution < 1.29 is 0 Å². The van der Waals surface area contributed by atoms with Gasteiger partial charge in [0.25, 0.3) is 0 Å². The van der Waals surface area contributed by atoms with Crippen molar-refractivity contribution in [2.24, 2.45) is 0 Å². The van der Waals surface area contributed by atoms with Crippen LogP contribution in [0.4, 0.5) is 0 Å². The molecule has 1 saturated heterocycles. The van der Waals surface area contributed by atoms with Gasteiger partial charge in [-0.25, -0.2) is 0 Å². The fraction of sp³-hybridized carbons (Fsp3) is 0.500. The smallest absolute Gasteiger partial charge is 0.0218 e. The summed E-state index contributed by atoms with van der Waals surface area (Å²) in [5, 5.41) is 3.57. The lowest BCUT2D eigenvalue weighted by Crippen LogP contribution is -2.35. The quantitative estimate of drug-likeness (QED) is 0.857. The number of nitrogens with one attached hydrogen (secondary N) is 1. The van der Waals surface area contributed by atoms with E-state index in [-0.39, 0.29) is 0 Å². The molecule has 0 spiro atoms. The van der Waals surface area contributed by atoms with E-state index in [9.17, 15) is 0 Å². The molecule has 98 valence electrons. The zero-order valence-corrected chi connectivity index (χ0v) is 11.5. The molecule has 2 heteroatoms.